The van der Waals surface area contributed by atoms with E-state index < -0.39 is 0 Å². The van der Waals surface area contributed by atoms with Crippen LogP contribution in [-0.4, -0.2) is 30.7 Å². The van der Waals surface area contributed by atoms with Gasteiger partial charge >= 0.3 is 11.3 Å². The zero-order valence-electron chi connectivity index (χ0n) is 15.3. The molecule has 0 rings (SSSR count). The van der Waals surface area contributed by atoms with E-state index >= 15 is 0 Å². The molecule has 0 radical (unpaired) electrons. The maximum absolute atomic E-state index is 7.50. The second-order valence-corrected chi connectivity index (χ2v) is 5.65. The monoisotopic (exact) mass is 662 g/mol. The third-order valence-corrected chi connectivity index (χ3v) is 3.94. The maximum Gasteiger partial charge on any atom is 0 e. The van der Waals surface area contributed by atoms with Crippen molar-refractivity contribution in [1.82, 2.24) is 0 Å². The van der Waals surface area contributed by atoms with Gasteiger partial charge in [-0.1, -0.05) is 53.4 Å². The molecule has 0 N–H and O–H groups in total. The van der Waals surface area contributed by atoms with Gasteiger partial charge < -0.3 is 53.3 Å². The van der Waals surface area contributed by atoms with E-state index in [0.29, 0.717) is 0 Å². The van der Waals surface area contributed by atoms with Crippen LogP contribution in [0.1, 0.15) is 79.1 Å². The summed E-state index contributed by atoms with van der Waals surface area (Å²) in [7, 11) is 0. The molecule has 0 bridgehead atoms. The van der Waals surface area contributed by atoms with Crippen molar-refractivity contribution in [2.45, 2.75) is 79.1 Å². The van der Waals surface area contributed by atoms with Gasteiger partial charge in [0.1, 0.15) is 0 Å². The van der Waals surface area contributed by atoms with Crippen LogP contribution in [0.5, 0.6) is 0 Å². The average Bonchev–Trinajstić information content (AvgIpc) is 2.48. The van der Waals surface area contributed by atoms with Gasteiger partial charge in [0.25, 0.3) is 0 Å². The van der Waals surface area contributed by atoms with Crippen LogP contribution in [-0.2, 0) is 25.7 Å². The summed E-state index contributed by atoms with van der Waals surface area (Å²) >= 11 is 0. The molecule has 0 saturated heterocycles. The van der Waals surface area contributed by atoms with Gasteiger partial charge in [0.15, 0.2) is 0 Å². The predicted molar refractivity (Wildman–Crippen MR) is 83.3 cm³/mol. The molecule has 0 atom stereocenters. The molecule has 6 heteroatoms. The van der Waals surface area contributed by atoms with E-state index in [2.05, 4.69) is 34.3 Å². The Morgan fingerprint density at radius 2 is 0.783 bits per heavy atom. The Labute approximate surface area is 189 Å². The number of unbranched alkanes of at least 4 members (excludes halogenated alkanes) is 4. The first kappa shape index (κ1) is 39.7. The van der Waals surface area contributed by atoms with Crippen molar-refractivity contribution in [2.75, 3.05) is 26.2 Å². The zero-order valence-corrected chi connectivity index (χ0v) is 21.2. The van der Waals surface area contributed by atoms with E-state index in [9.17, 15) is 0 Å². The molecule has 148 valence electrons. The molecule has 0 fully saturated rings. The van der Waals surface area contributed by atoms with Crippen LogP contribution < -0.4 is 48.8 Å². The minimum atomic E-state index is 0. The molecule has 0 aliphatic rings. The fraction of sp³-hybridized carbons (Fsp3) is 0.941. The van der Waals surface area contributed by atoms with E-state index in [0.717, 1.165) is 0 Å². The maximum atomic E-state index is 7.50. The first-order valence-electron chi connectivity index (χ1n) is 8.30. The standard InChI is InChI=1S/C16H36N.CO.2ClH.HI.Pt/c1-5-9-13-17(14-10-6-2,15-11-7-3)16-12-8-4;1-2;;;;/h5-16H2,1-4H3;;3*1H;/q+1;;;;;/p-3. The number of halogens is 3. The quantitative estimate of drug-likeness (QED) is 0.0879. The van der Waals surface area contributed by atoms with Crippen molar-refractivity contribution in [3.05, 3.63) is 6.65 Å². The van der Waals surface area contributed by atoms with E-state index in [-0.39, 0.29) is 69.9 Å². The average molecular weight is 663 g/mol. The number of hydrogen-bond acceptors (Lipinski definition) is 0. The van der Waals surface area contributed by atoms with Crippen LogP contribution in [0.25, 0.3) is 0 Å². The Bertz CT molecular complexity index is 173. The summed E-state index contributed by atoms with van der Waals surface area (Å²) in [6.45, 7) is 19.5. The van der Waals surface area contributed by atoms with Crippen molar-refractivity contribution in [3.8, 4) is 0 Å². The van der Waals surface area contributed by atoms with Gasteiger partial charge in [-0.3, -0.25) is 0 Å². The molecule has 23 heavy (non-hydrogen) atoms. The third-order valence-electron chi connectivity index (χ3n) is 3.94. The topological polar surface area (TPSA) is 19.9 Å². The fourth-order valence-electron chi connectivity index (χ4n) is 2.64. The second-order valence-electron chi connectivity index (χ2n) is 5.65. The molecule has 0 aliphatic carbocycles. The molecular weight excluding hydrogens is 627 g/mol. The Morgan fingerprint density at radius 1 is 0.609 bits per heavy atom. The first-order valence-corrected chi connectivity index (χ1v) is 8.30. The smallest absolute Gasteiger partial charge is 0 e. The summed E-state index contributed by atoms with van der Waals surface area (Å²) in [4.78, 5) is 0. The fourth-order valence-corrected chi connectivity index (χ4v) is 2.64. The molecular formula is C17H36Cl2INOPt-2. The second kappa shape index (κ2) is 31.5. The van der Waals surface area contributed by atoms with Gasteiger partial charge in [-0.15, -0.1) is 0 Å². The molecule has 0 aliphatic heterocycles. The number of quaternary nitrogens is 1. The van der Waals surface area contributed by atoms with Crippen molar-refractivity contribution in [1.29, 1.82) is 0 Å². The summed E-state index contributed by atoms with van der Waals surface area (Å²) in [6, 6.07) is 0. The molecule has 0 aromatic heterocycles. The van der Waals surface area contributed by atoms with Crippen LogP contribution >= 0.6 is 0 Å². The Kier molecular flexibility index (Phi) is 54.3. The summed E-state index contributed by atoms with van der Waals surface area (Å²) < 4.78 is 8.92. The predicted octanol–water partition coefficient (Wildman–Crippen LogP) is -4.02. The van der Waals surface area contributed by atoms with Crippen LogP contribution in [0.15, 0.2) is 0 Å². The molecule has 0 aromatic rings. The molecule has 0 amide bonds. The SMILES string of the molecule is CCCC[N+](CCCC)(CCCC)CCCC.[C-]#[O+].[Cl-].[Cl-].[I-].[Pt]. The Hall–Kier alpha value is 1.70. The third kappa shape index (κ3) is 23.7. The van der Waals surface area contributed by atoms with Crippen LogP contribution in [0.2, 0.25) is 0 Å². The molecule has 0 spiro atoms. The van der Waals surface area contributed by atoms with Gasteiger partial charge in [0.05, 0.1) is 26.2 Å². The van der Waals surface area contributed by atoms with Gasteiger partial charge in [0, 0.05) is 21.1 Å². The van der Waals surface area contributed by atoms with Gasteiger partial charge in [0.2, 0.25) is 0 Å². The van der Waals surface area contributed by atoms with Crippen molar-refractivity contribution in [3.63, 3.8) is 0 Å². The van der Waals surface area contributed by atoms with Gasteiger partial charge in [-0.05, 0) is 25.7 Å². The van der Waals surface area contributed by atoms with E-state index in [1.807, 2.05) is 0 Å². The molecule has 0 aromatic carbocycles. The molecule has 0 saturated carbocycles. The van der Waals surface area contributed by atoms with Crippen molar-refractivity contribution < 1.29 is 79.0 Å². The summed E-state index contributed by atoms with van der Waals surface area (Å²) in [5, 5.41) is 0. The van der Waals surface area contributed by atoms with Crippen LogP contribution in [0, 0.1) is 6.65 Å². The Morgan fingerprint density at radius 3 is 0.913 bits per heavy atom. The van der Waals surface area contributed by atoms with E-state index in [1.165, 1.54) is 82.0 Å². The van der Waals surface area contributed by atoms with E-state index in [4.69, 9.17) is 4.65 Å². The van der Waals surface area contributed by atoms with E-state index in [1.54, 1.807) is 0 Å². The molecule has 0 unspecified atom stereocenters. The normalized spacial score (nSPS) is 8.96. The summed E-state index contributed by atoms with van der Waals surface area (Å²) in [6.07, 6.45) is 11.1. The largest absolute Gasteiger partial charge is 1.00 e. The summed E-state index contributed by atoms with van der Waals surface area (Å²) in [5.74, 6) is 0. The number of nitrogens with zero attached hydrogens (tertiary/aromatic N) is 1. The van der Waals surface area contributed by atoms with Crippen LogP contribution in [0.4, 0.5) is 0 Å². The Balaban J connectivity index is -0.000000115. The number of hydrogen-bond donors (Lipinski definition) is 0. The summed E-state index contributed by atoms with van der Waals surface area (Å²) in [5.41, 5.74) is 0. The minimum absolute atomic E-state index is 0. The zero-order chi connectivity index (χ0) is 15.0. The molecule has 2 nitrogen and oxygen atoms in total. The number of rotatable bonds is 12. The first-order chi connectivity index (χ1) is 9.24. The molecule has 0 heterocycles. The van der Waals surface area contributed by atoms with Crippen LogP contribution in [0.3, 0.4) is 0 Å². The van der Waals surface area contributed by atoms with Gasteiger partial charge in [-0.25, -0.2) is 0 Å². The van der Waals surface area contributed by atoms with Gasteiger partial charge in [-0.2, -0.15) is 0 Å². The minimum Gasteiger partial charge on any atom is -1.00 e. The van der Waals surface area contributed by atoms with Crippen molar-refractivity contribution >= 4 is 0 Å². The van der Waals surface area contributed by atoms with Crippen molar-refractivity contribution in [2.24, 2.45) is 0 Å².